The molecule has 4 amide bonds. The molecule has 0 fully saturated rings. The number of nitrogens with one attached hydrogen (secondary N) is 2. The quantitative estimate of drug-likeness (QED) is 0.665. The van der Waals surface area contributed by atoms with Gasteiger partial charge in [-0.15, -0.1) is 0 Å². The van der Waals surface area contributed by atoms with Crippen LogP contribution in [0, 0.1) is 5.92 Å². The molecule has 0 saturated carbocycles. The molecular formula is C27H36N4O5. The van der Waals surface area contributed by atoms with Gasteiger partial charge in [0.1, 0.15) is 12.4 Å². The highest BCUT2D eigenvalue weighted by Crippen LogP contribution is 2.26. The molecule has 1 heterocycles. The number of para-hydroxylation sites is 1. The Hall–Kier alpha value is -3.59. The van der Waals surface area contributed by atoms with Crippen molar-refractivity contribution in [3.63, 3.8) is 0 Å². The van der Waals surface area contributed by atoms with Gasteiger partial charge in [0.2, 0.25) is 5.91 Å². The molecule has 3 atom stereocenters. The first-order valence-corrected chi connectivity index (χ1v) is 12.2. The normalized spacial score (nSPS) is 20.9. The van der Waals surface area contributed by atoms with Crippen molar-refractivity contribution in [3.8, 4) is 5.75 Å². The van der Waals surface area contributed by atoms with Crippen LogP contribution in [0.2, 0.25) is 0 Å². The lowest BCUT2D eigenvalue weighted by Gasteiger charge is -2.36. The van der Waals surface area contributed by atoms with Crippen molar-refractivity contribution in [2.24, 2.45) is 5.92 Å². The molecule has 9 heteroatoms. The molecule has 0 saturated heterocycles. The first kappa shape index (κ1) is 27.0. The fourth-order valence-electron chi connectivity index (χ4n) is 4.22. The lowest BCUT2D eigenvalue weighted by molar-refractivity contribution is -0.135. The molecule has 1 aliphatic rings. The summed E-state index contributed by atoms with van der Waals surface area (Å²) in [5.74, 6) is 0.176. The van der Waals surface area contributed by atoms with Crippen LogP contribution in [0.15, 0.2) is 48.5 Å². The van der Waals surface area contributed by atoms with E-state index in [4.69, 9.17) is 9.47 Å². The number of anilines is 2. The number of hydrogen-bond donors (Lipinski definition) is 2. The summed E-state index contributed by atoms with van der Waals surface area (Å²) >= 11 is 0. The number of hydrogen-bond acceptors (Lipinski definition) is 5. The number of carbonyl (C=O) groups excluding carboxylic acids is 3. The fraction of sp³-hybridized carbons (Fsp3) is 0.444. The van der Waals surface area contributed by atoms with E-state index in [-0.39, 0.29) is 36.5 Å². The Labute approximate surface area is 212 Å². The standard InChI is InChI=1S/C27H36N4O5/c1-6-25(32)31-15-18(2)24(35-5)16-30(4)26(33)22-14-21(12-13-23(22)36-17-19(31)3)29-27(34)28-20-10-8-7-9-11-20/h7-14,18-19,24H,6,15-17H2,1-5H3,(H2,28,29,34)/t18-,19+,24+/m1/s1. The average Bonchev–Trinajstić information content (AvgIpc) is 2.88. The second kappa shape index (κ2) is 12.4. The van der Waals surface area contributed by atoms with Gasteiger partial charge < -0.3 is 29.9 Å². The van der Waals surface area contributed by atoms with Crippen molar-refractivity contribution < 1.29 is 23.9 Å². The smallest absolute Gasteiger partial charge is 0.323 e. The van der Waals surface area contributed by atoms with E-state index >= 15 is 0 Å². The summed E-state index contributed by atoms with van der Waals surface area (Å²) in [6.07, 6.45) is 0.129. The van der Waals surface area contributed by atoms with Gasteiger partial charge in [0, 0.05) is 51.0 Å². The van der Waals surface area contributed by atoms with E-state index < -0.39 is 6.03 Å². The molecule has 0 aromatic heterocycles. The molecular weight excluding hydrogens is 460 g/mol. The van der Waals surface area contributed by atoms with Crippen molar-refractivity contribution in [2.45, 2.75) is 39.3 Å². The number of nitrogens with zero attached hydrogens (tertiary/aromatic N) is 2. The maximum atomic E-state index is 13.4. The zero-order valence-corrected chi connectivity index (χ0v) is 21.6. The second-order valence-corrected chi connectivity index (χ2v) is 9.15. The van der Waals surface area contributed by atoms with Crippen molar-refractivity contribution >= 4 is 29.2 Å². The maximum Gasteiger partial charge on any atom is 0.323 e. The van der Waals surface area contributed by atoms with Crippen LogP contribution in [-0.2, 0) is 9.53 Å². The molecule has 1 aliphatic heterocycles. The van der Waals surface area contributed by atoms with Crippen LogP contribution >= 0.6 is 0 Å². The largest absolute Gasteiger partial charge is 0.491 e. The molecule has 0 bridgehead atoms. The molecule has 2 aromatic rings. The van der Waals surface area contributed by atoms with Crippen LogP contribution in [0.5, 0.6) is 5.75 Å². The maximum absolute atomic E-state index is 13.4. The highest BCUT2D eigenvalue weighted by Gasteiger charge is 2.30. The van der Waals surface area contributed by atoms with Crippen molar-refractivity contribution in [2.75, 3.05) is 44.5 Å². The van der Waals surface area contributed by atoms with E-state index in [0.717, 1.165) is 0 Å². The van der Waals surface area contributed by atoms with E-state index in [1.807, 2.05) is 43.9 Å². The summed E-state index contributed by atoms with van der Waals surface area (Å²) in [4.78, 5) is 42.0. The molecule has 0 unspecified atom stereocenters. The molecule has 0 radical (unpaired) electrons. The minimum absolute atomic E-state index is 0.00298. The van der Waals surface area contributed by atoms with Crippen LogP contribution in [0.4, 0.5) is 16.2 Å². The molecule has 36 heavy (non-hydrogen) atoms. The number of carbonyl (C=O) groups is 3. The SMILES string of the molecule is CCC(=O)N1C[C@@H](C)[C@@H](OC)CN(C)C(=O)c2cc(NC(=O)Nc3ccccc3)ccc2OC[C@@H]1C. The number of methoxy groups -OCH3 is 1. The van der Waals surface area contributed by atoms with E-state index in [1.54, 1.807) is 49.4 Å². The third kappa shape index (κ3) is 6.75. The first-order valence-electron chi connectivity index (χ1n) is 12.2. The van der Waals surface area contributed by atoms with Gasteiger partial charge in [-0.05, 0) is 37.3 Å². The van der Waals surface area contributed by atoms with Gasteiger partial charge in [0.05, 0.1) is 17.7 Å². The number of fused-ring (bicyclic) bond motifs is 1. The van der Waals surface area contributed by atoms with Crippen LogP contribution in [0.25, 0.3) is 0 Å². The van der Waals surface area contributed by atoms with Crippen LogP contribution in [-0.4, -0.2) is 73.6 Å². The molecule has 0 spiro atoms. The van der Waals surface area contributed by atoms with Gasteiger partial charge in [-0.3, -0.25) is 9.59 Å². The Bertz CT molecular complexity index is 1060. The Morgan fingerprint density at radius 1 is 1.06 bits per heavy atom. The van der Waals surface area contributed by atoms with E-state index in [9.17, 15) is 14.4 Å². The monoisotopic (exact) mass is 496 g/mol. The molecule has 2 N–H and O–H groups in total. The Kier molecular flexibility index (Phi) is 9.30. The van der Waals surface area contributed by atoms with Crippen LogP contribution in [0.1, 0.15) is 37.6 Å². The van der Waals surface area contributed by atoms with Gasteiger partial charge in [-0.25, -0.2) is 4.79 Å². The second-order valence-electron chi connectivity index (χ2n) is 9.15. The fourth-order valence-corrected chi connectivity index (χ4v) is 4.22. The lowest BCUT2D eigenvalue weighted by Crippen LogP contribution is -2.48. The summed E-state index contributed by atoms with van der Waals surface area (Å²) in [5, 5.41) is 5.53. The van der Waals surface area contributed by atoms with E-state index in [2.05, 4.69) is 10.6 Å². The van der Waals surface area contributed by atoms with E-state index in [0.29, 0.717) is 42.2 Å². The van der Waals surface area contributed by atoms with Gasteiger partial charge in [0.25, 0.3) is 5.91 Å². The number of urea groups is 1. The zero-order valence-electron chi connectivity index (χ0n) is 21.6. The summed E-state index contributed by atoms with van der Waals surface area (Å²) in [7, 11) is 3.32. The predicted octanol–water partition coefficient (Wildman–Crippen LogP) is 4.07. The summed E-state index contributed by atoms with van der Waals surface area (Å²) in [5.41, 5.74) is 1.42. The Balaban J connectivity index is 1.89. The minimum atomic E-state index is -0.424. The van der Waals surface area contributed by atoms with Crippen LogP contribution in [0.3, 0.4) is 0 Å². The van der Waals surface area contributed by atoms with Gasteiger partial charge >= 0.3 is 6.03 Å². The van der Waals surface area contributed by atoms with Gasteiger partial charge in [-0.1, -0.05) is 32.0 Å². The number of ether oxygens (including phenoxy) is 2. The van der Waals surface area contributed by atoms with Crippen molar-refractivity contribution in [1.82, 2.24) is 9.80 Å². The zero-order chi connectivity index (χ0) is 26.2. The van der Waals surface area contributed by atoms with Gasteiger partial charge in [-0.2, -0.15) is 0 Å². The lowest BCUT2D eigenvalue weighted by atomic mass is 10.0. The van der Waals surface area contributed by atoms with Gasteiger partial charge in [0.15, 0.2) is 0 Å². The summed E-state index contributed by atoms with van der Waals surface area (Å²) in [6, 6.07) is 13.4. The van der Waals surface area contributed by atoms with Crippen LogP contribution < -0.4 is 15.4 Å². The number of rotatable bonds is 4. The molecule has 2 aromatic carbocycles. The number of benzene rings is 2. The highest BCUT2D eigenvalue weighted by atomic mass is 16.5. The summed E-state index contributed by atoms with van der Waals surface area (Å²) in [6.45, 7) is 6.86. The third-order valence-corrected chi connectivity index (χ3v) is 6.36. The predicted molar refractivity (Wildman–Crippen MR) is 139 cm³/mol. The number of amides is 4. The van der Waals surface area contributed by atoms with Crippen molar-refractivity contribution in [1.29, 1.82) is 0 Å². The third-order valence-electron chi connectivity index (χ3n) is 6.36. The average molecular weight is 497 g/mol. The highest BCUT2D eigenvalue weighted by molar-refractivity contribution is 6.02. The first-order chi connectivity index (χ1) is 17.2. The number of likely N-dealkylation sites (N-methyl/N-ethyl adjacent to an activating group) is 1. The van der Waals surface area contributed by atoms with E-state index in [1.165, 1.54) is 0 Å². The molecule has 194 valence electrons. The topological polar surface area (TPSA) is 100 Å². The minimum Gasteiger partial charge on any atom is -0.491 e. The molecule has 9 nitrogen and oxygen atoms in total. The van der Waals surface area contributed by atoms with Crippen molar-refractivity contribution in [3.05, 3.63) is 54.1 Å². The Morgan fingerprint density at radius 3 is 2.42 bits per heavy atom. The Morgan fingerprint density at radius 2 is 1.75 bits per heavy atom. The molecule has 0 aliphatic carbocycles. The molecule has 3 rings (SSSR count). The summed E-state index contributed by atoms with van der Waals surface area (Å²) < 4.78 is 11.8.